The number of rotatable bonds is 4. The van der Waals surface area contributed by atoms with E-state index in [4.69, 9.17) is 23.2 Å². The topological polar surface area (TPSA) is 56.6 Å². The third-order valence-corrected chi connectivity index (χ3v) is 6.87. The van der Waals surface area contributed by atoms with Crippen LogP contribution in [0.2, 0.25) is 0 Å². The molecule has 0 saturated heterocycles. The van der Waals surface area contributed by atoms with Crippen molar-refractivity contribution in [3.05, 3.63) is 0 Å². The highest BCUT2D eigenvalue weighted by atomic mass is 35.5. The minimum absolute atomic E-state index is 0.0124. The fraction of sp³-hybridized carbons (Fsp3) is 0.941. The molecule has 0 spiro atoms. The Hall–Kier alpha value is -0.190. The van der Waals surface area contributed by atoms with Crippen molar-refractivity contribution in [2.24, 2.45) is 16.8 Å². The first-order valence-electron chi connectivity index (χ1n) is 9.14. The molecular weight excluding hydrogens is 333 g/mol. The highest BCUT2D eigenvalue weighted by Crippen LogP contribution is 2.38. The van der Waals surface area contributed by atoms with Crippen LogP contribution in [0.5, 0.6) is 0 Å². The number of aliphatic hydroxyl groups is 1. The Kier molecular flexibility index (Phi) is 6.33. The van der Waals surface area contributed by atoms with Gasteiger partial charge in [0.15, 0.2) is 5.96 Å². The van der Waals surface area contributed by atoms with Crippen LogP contribution in [0.15, 0.2) is 4.99 Å². The summed E-state index contributed by atoms with van der Waals surface area (Å²) in [5.41, 5.74) is 0. The van der Waals surface area contributed by atoms with Crippen molar-refractivity contribution in [2.45, 2.75) is 74.3 Å². The standard InChI is InChI=1S/C17H29Cl2N3O/c18-14-6-2-5-13(16(14)19)15(22-17-20-7-8-21-17)10-11-3-1-4-12(23)9-11/h11-16,23H,1-10H2,(H2,20,21,22). The molecule has 0 aromatic carbocycles. The highest BCUT2D eigenvalue weighted by molar-refractivity contribution is 6.30. The molecule has 6 heteroatoms. The Morgan fingerprint density at radius 1 is 1.22 bits per heavy atom. The number of guanidine groups is 1. The summed E-state index contributed by atoms with van der Waals surface area (Å²) in [7, 11) is 0. The van der Waals surface area contributed by atoms with Gasteiger partial charge in [0, 0.05) is 12.6 Å². The van der Waals surface area contributed by atoms with Gasteiger partial charge in [0.2, 0.25) is 0 Å². The van der Waals surface area contributed by atoms with E-state index in [-0.39, 0.29) is 16.9 Å². The van der Waals surface area contributed by atoms with Gasteiger partial charge in [0.25, 0.3) is 0 Å². The van der Waals surface area contributed by atoms with Crippen molar-refractivity contribution in [2.75, 3.05) is 13.1 Å². The van der Waals surface area contributed by atoms with Gasteiger partial charge < -0.3 is 15.7 Å². The monoisotopic (exact) mass is 361 g/mol. The Balaban J connectivity index is 1.67. The van der Waals surface area contributed by atoms with Gasteiger partial charge in [-0.25, -0.2) is 0 Å². The Morgan fingerprint density at radius 2 is 2.04 bits per heavy atom. The van der Waals surface area contributed by atoms with Gasteiger partial charge in [-0.2, -0.15) is 0 Å². The summed E-state index contributed by atoms with van der Waals surface area (Å²) >= 11 is 13.1. The maximum atomic E-state index is 9.98. The number of aliphatic imine (C=N–C) groups is 1. The van der Waals surface area contributed by atoms with Gasteiger partial charge in [-0.05, 0) is 43.9 Å². The zero-order valence-electron chi connectivity index (χ0n) is 13.7. The van der Waals surface area contributed by atoms with Crippen LogP contribution in [0.25, 0.3) is 0 Å². The highest BCUT2D eigenvalue weighted by Gasteiger charge is 2.38. The summed E-state index contributed by atoms with van der Waals surface area (Å²) in [6, 6.07) is 0.290. The molecule has 0 bridgehead atoms. The summed E-state index contributed by atoms with van der Waals surface area (Å²) < 4.78 is 0. The van der Waals surface area contributed by atoms with E-state index < -0.39 is 0 Å². The number of alkyl halides is 2. The second-order valence-electron chi connectivity index (χ2n) is 7.39. The van der Waals surface area contributed by atoms with E-state index in [0.29, 0.717) is 17.9 Å². The molecule has 0 radical (unpaired) electrons. The molecule has 3 N–H and O–H groups in total. The lowest BCUT2D eigenvalue weighted by molar-refractivity contribution is 0.0907. The maximum absolute atomic E-state index is 9.98. The normalized spacial score (nSPS) is 39.4. The number of nitrogens with one attached hydrogen (secondary N) is 2. The van der Waals surface area contributed by atoms with Crippen LogP contribution >= 0.6 is 23.2 Å². The second-order valence-corrected chi connectivity index (χ2v) is 8.45. The molecule has 0 aromatic heterocycles. The minimum atomic E-state index is -0.129. The molecule has 2 fully saturated rings. The summed E-state index contributed by atoms with van der Waals surface area (Å²) in [4.78, 5) is 4.49. The van der Waals surface area contributed by atoms with Crippen LogP contribution in [0, 0.1) is 11.8 Å². The zero-order valence-corrected chi connectivity index (χ0v) is 15.2. The van der Waals surface area contributed by atoms with Gasteiger partial charge in [0.05, 0.1) is 23.4 Å². The number of hydrogen-bond donors (Lipinski definition) is 3. The van der Waals surface area contributed by atoms with Gasteiger partial charge >= 0.3 is 0 Å². The summed E-state index contributed by atoms with van der Waals surface area (Å²) in [5, 5.41) is 17.0. The SMILES string of the molecule is OC1CCCC(CC(NC2=NCCN2)C2CCCC(Cl)C2Cl)C1. The fourth-order valence-electron chi connectivity index (χ4n) is 4.41. The molecule has 6 atom stereocenters. The quantitative estimate of drug-likeness (QED) is 0.674. The number of aliphatic hydroxyl groups excluding tert-OH is 1. The van der Waals surface area contributed by atoms with Crippen molar-refractivity contribution in [1.29, 1.82) is 0 Å². The summed E-state index contributed by atoms with van der Waals surface area (Å²) in [6.45, 7) is 1.74. The predicted octanol–water partition coefficient (Wildman–Crippen LogP) is 2.86. The lowest BCUT2D eigenvalue weighted by atomic mass is 9.76. The molecule has 2 aliphatic carbocycles. The van der Waals surface area contributed by atoms with E-state index in [1.54, 1.807) is 0 Å². The molecule has 3 rings (SSSR count). The zero-order chi connectivity index (χ0) is 16.2. The third-order valence-electron chi connectivity index (χ3n) is 5.63. The largest absolute Gasteiger partial charge is 0.393 e. The van der Waals surface area contributed by atoms with Crippen LogP contribution in [0.1, 0.15) is 51.4 Å². The molecule has 23 heavy (non-hydrogen) atoms. The number of hydrogen-bond acceptors (Lipinski definition) is 4. The van der Waals surface area contributed by atoms with Crippen molar-refractivity contribution >= 4 is 29.2 Å². The maximum Gasteiger partial charge on any atom is 0.191 e. The van der Waals surface area contributed by atoms with E-state index >= 15 is 0 Å². The molecule has 2 saturated carbocycles. The van der Waals surface area contributed by atoms with E-state index in [1.165, 1.54) is 6.42 Å². The van der Waals surface area contributed by atoms with Gasteiger partial charge in [-0.3, -0.25) is 4.99 Å². The third kappa shape index (κ3) is 4.67. The van der Waals surface area contributed by atoms with Crippen molar-refractivity contribution in [3.8, 4) is 0 Å². The molecular formula is C17H29Cl2N3O. The van der Waals surface area contributed by atoms with E-state index in [0.717, 1.165) is 64.0 Å². The van der Waals surface area contributed by atoms with Crippen molar-refractivity contribution in [1.82, 2.24) is 10.6 Å². The molecule has 132 valence electrons. The van der Waals surface area contributed by atoms with Crippen LogP contribution in [0.4, 0.5) is 0 Å². The van der Waals surface area contributed by atoms with E-state index in [2.05, 4.69) is 15.6 Å². The lowest BCUT2D eigenvalue weighted by Gasteiger charge is -2.39. The van der Waals surface area contributed by atoms with Crippen LogP contribution in [-0.4, -0.2) is 47.1 Å². The molecule has 3 aliphatic rings. The lowest BCUT2D eigenvalue weighted by Crippen LogP contribution is -2.50. The van der Waals surface area contributed by atoms with Crippen LogP contribution in [-0.2, 0) is 0 Å². The van der Waals surface area contributed by atoms with Crippen molar-refractivity contribution < 1.29 is 5.11 Å². The predicted molar refractivity (Wildman–Crippen MR) is 96.4 cm³/mol. The summed E-state index contributed by atoms with van der Waals surface area (Å²) in [5.74, 6) is 1.85. The number of halogens is 2. The summed E-state index contributed by atoms with van der Waals surface area (Å²) in [6.07, 6.45) is 8.41. The van der Waals surface area contributed by atoms with E-state index in [1.807, 2.05) is 0 Å². The second kappa shape index (κ2) is 8.26. The van der Waals surface area contributed by atoms with Gasteiger partial charge in [-0.1, -0.05) is 19.3 Å². The van der Waals surface area contributed by atoms with Gasteiger partial charge in [-0.15, -0.1) is 23.2 Å². The molecule has 4 nitrogen and oxygen atoms in total. The smallest absolute Gasteiger partial charge is 0.191 e. The Labute approximate surface area is 149 Å². The number of nitrogens with zero attached hydrogens (tertiary/aromatic N) is 1. The van der Waals surface area contributed by atoms with Crippen LogP contribution in [0.3, 0.4) is 0 Å². The van der Waals surface area contributed by atoms with Crippen LogP contribution < -0.4 is 10.6 Å². The average Bonchev–Trinajstić information content (AvgIpc) is 3.02. The minimum Gasteiger partial charge on any atom is -0.393 e. The van der Waals surface area contributed by atoms with Crippen molar-refractivity contribution in [3.63, 3.8) is 0 Å². The molecule has 6 unspecified atom stereocenters. The van der Waals surface area contributed by atoms with Gasteiger partial charge in [0.1, 0.15) is 0 Å². The first-order valence-corrected chi connectivity index (χ1v) is 10.0. The first kappa shape index (κ1) is 17.6. The molecule has 1 heterocycles. The Morgan fingerprint density at radius 3 is 2.78 bits per heavy atom. The molecule has 0 aromatic rings. The molecule has 0 amide bonds. The average molecular weight is 362 g/mol. The Bertz CT molecular complexity index is 421. The van der Waals surface area contributed by atoms with E-state index in [9.17, 15) is 5.11 Å². The molecule has 1 aliphatic heterocycles. The fourth-order valence-corrected chi connectivity index (χ4v) is 5.17. The first-order chi connectivity index (χ1) is 11.1.